The average molecular weight is 283 g/mol. The number of aryl methyl sites for hydroxylation is 1. The summed E-state index contributed by atoms with van der Waals surface area (Å²) in [6.07, 6.45) is 5.36. The van der Waals surface area contributed by atoms with E-state index in [0.29, 0.717) is 12.8 Å². The maximum atomic E-state index is 11.6. The summed E-state index contributed by atoms with van der Waals surface area (Å²) in [4.78, 5) is 4.18. The summed E-state index contributed by atoms with van der Waals surface area (Å²) in [7, 11) is -3.01. The Balaban J connectivity index is 2.11. The van der Waals surface area contributed by atoms with Gasteiger partial charge in [-0.15, -0.1) is 0 Å². The van der Waals surface area contributed by atoms with Crippen LogP contribution in [0.3, 0.4) is 0 Å². The van der Waals surface area contributed by atoms with E-state index in [2.05, 4.69) is 4.98 Å². The Labute approximate surface area is 114 Å². The minimum atomic E-state index is -3.01. The van der Waals surface area contributed by atoms with Gasteiger partial charge >= 0.3 is 0 Å². The summed E-state index contributed by atoms with van der Waals surface area (Å²) in [6.45, 7) is 1.90. The van der Waals surface area contributed by atoms with E-state index in [-0.39, 0.29) is 11.2 Å². The zero-order valence-electron chi connectivity index (χ0n) is 11.4. The van der Waals surface area contributed by atoms with Crippen LogP contribution in [0.1, 0.15) is 43.0 Å². The van der Waals surface area contributed by atoms with Crippen LogP contribution < -0.4 is 0 Å². The molecule has 106 valence electrons. The molecule has 19 heavy (non-hydrogen) atoms. The van der Waals surface area contributed by atoms with Gasteiger partial charge in [0.15, 0.2) is 0 Å². The molecule has 0 amide bonds. The van der Waals surface area contributed by atoms with E-state index in [1.165, 1.54) is 6.26 Å². The summed E-state index contributed by atoms with van der Waals surface area (Å²) in [6, 6.07) is 3.74. The highest BCUT2D eigenvalue weighted by molar-refractivity contribution is 7.91. The molecule has 2 rings (SSSR count). The molecule has 1 saturated carbocycles. The highest BCUT2D eigenvalue weighted by Crippen LogP contribution is 2.36. The average Bonchev–Trinajstić information content (AvgIpc) is 2.38. The lowest BCUT2D eigenvalue weighted by molar-refractivity contribution is 0.0854. The number of hydrogen-bond donors (Lipinski definition) is 1. The van der Waals surface area contributed by atoms with Crippen molar-refractivity contribution in [3.05, 3.63) is 29.6 Å². The number of aliphatic hydroxyl groups excluding tert-OH is 1. The first kappa shape index (κ1) is 14.5. The van der Waals surface area contributed by atoms with E-state index >= 15 is 0 Å². The fraction of sp³-hybridized carbons (Fsp3) is 0.643. The summed E-state index contributed by atoms with van der Waals surface area (Å²) >= 11 is 0. The topological polar surface area (TPSA) is 67.3 Å². The maximum Gasteiger partial charge on any atom is 0.150 e. The van der Waals surface area contributed by atoms with Crippen LogP contribution in [0.2, 0.25) is 0 Å². The van der Waals surface area contributed by atoms with Crippen molar-refractivity contribution in [1.82, 2.24) is 4.98 Å². The standard InChI is InChI=1S/C14H21NO3S/c1-10-6-7-12(9-15-10)14(16)11-4-3-5-13(8-11)19(2,17)18/h6-7,9,11,13-14,16H,3-5,8H2,1-2H3. The number of nitrogens with zero attached hydrogens (tertiary/aromatic N) is 1. The first-order valence-corrected chi connectivity index (χ1v) is 8.63. The molecule has 1 aliphatic rings. The van der Waals surface area contributed by atoms with Crippen molar-refractivity contribution in [1.29, 1.82) is 0 Å². The van der Waals surface area contributed by atoms with Crippen LogP contribution in [0, 0.1) is 12.8 Å². The minimum absolute atomic E-state index is 0.0120. The molecule has 0 spiro atoms. The second-order valence-electron chi connectivity index (χ2n) is 5.56. The molecule has 4 nitrogen and oxygen atoms in total. The fourth-order valence-electron chi connectivity index (χ4n) is 2.78. The number of hydrogen-bond acceptors (Lipinski definition) is 4. The second kappa shape index (κ2) is 5.59. The normalized spacial score (nSPS) is 26.1. The zero-order valence-corrected chi connectivity index (χ0v) is 12.2. The van der Waals surface area contributed by atoms with Gasteiger partial charge in [0.2, 0.25) is 0 Å². The quantitative estimate of drug-likeness (QED) is 0.921. The Bertz CT molecular complexity index is 524. The van der Waals surface area contributed by atoms with Gasteiger partial charge in [-0.2, -0.15) is 0 Å². The van der Waals surface area contributed by atoms with Crippen LogP contribution >= 0.6 is 0 Å². The Hall–Kier alpha value is -0.940. The Morgan fingerprint density at radius 2 is 2.11 bits per heavy atom. The monoisotopic (exact) mass is 283 g/mol. The van der Waals surface area contributed by atoms with Gasteiger partial charge in [-0.1, -0.05) is 12.5 Å². The summed E-state index contributed by atoms with van der Waals surface area (Å²) < 4.78 is 23.3. The molecule has 1 aliphatic carbocycles. The smallest absolute Gasteiger partial charge is 0.150 e. The van der Waals surface area contributed by atoms with Crippen molar-refractivity contribution in [2.24, 2.45) is 5.92 Å². The highest BCUT2D eigenvalue weighted by Gasteiger charge is 2.32. The number of aliphatic hydroxyl groups is 1. The first-order chi connectivity index (χ1) is 8.88. The molecule has 3 atom stereocenters. The lowest BCUT2D eigenvalue weighted by Gasteiger charge is -2.31. The molecule has 5 heteroatoms. The minimum Gasteiger partial charge on any atom is -0.388 e. The zero-order chi connectivity index (χ0) is 14.0. The molecule has 0 saturated heterocycles. The summed E-state index contributed by atoms with van der Waals surface area (Å²) in [5.74, 6) is 0.0120. The summed E-state index contributed by atoms with van der Waals surface area (Å²) in [5.41, 5.74) is 1.69. The predicted octanol–water partition coefficient (Wildman–Crippen LogP) is 2.03. The third-order valence-corrected chi connectivity index (χ3v) is 5.63. The molecule has 1 fully saturated rings. The molecule has 1 aromatic heterocycles. The van der Waals surface area contributed by atoms with Gasteiger partial charge in [0.1, 0.15) is 9.84 Å². The number of pyridine rings is 1. The number of aromatic nitrogens is 1. The lowest BCUT2D eigenvalue weighted by atomic mass is 9.83. The van der Waals surface area contributed by atoms with Crippen LogP contribution in [0.4, 0.5) is 0 Å². The van der Waals surface area contributed by atoms with Crippen molar-refractivity contribution in [2.45, 2.75) is 44.0 Å². The third-order valence-electron chi connectivity index (χ3n) is 3.99. The Morgan fingerprint density at radius 3 is 2.68 bits per heavy atom. The van der Waals surface area contributed by atoms with Crippen LogP contribution in [0.15, 0.2) is 18.3 Å². The van der Waals surface area contributed by atoms with Crippen LogP contribution in [-0.2, 0) is 9.84 Å². The molecule has 0 aliphatic heterocycles. The van der Waals surface area contributed by atoms with Gasteiger partial charge in [-0.3, -0.25) is 4.98 Å². The largest absolute Gasteiger partial charge is 0.388 e. The van der Waals surface area contributed by atoms with E-state index in [4.69, 9.17) is 0 Å². The lowest BCUT2D eigenvalue weighted by Crippen LogP contribution is -2.30. The molecule has 1 heterocycles. The molecule has 1 aromatic rings. The molecular weight excluding hydrogens is 262 g/mol. The van der Waals surface area contributed by atoms with Gasteiger partial charge in [-0.25, -0.2) is 8.42 Å². The van der Waals surface area contributed by atoms with Crippen LogP contribution in [0.5, 0.6) is 0 Å². The van der Waals surface area contributed by atoms with E-state index in [9.17, 15) is 13.5 Å². The Kier molecular flexibility index (Phi) is 4.26. The molecule has 0 bridgehead atoms. The van der Waals surface area contributed by atoms with Gasteiger partial charge < -0.3 is 5.11 Å². The maximum absolute atomic E-state index is 11.6. The van der Waals surface area contributed by atoms with Gasteiger partial charge in [0, 0.05) is 18.1 Å². The van der Waals surface area contributed by atoms with Crippen molar-refractivity contribution in [3.63, 3.8) is 0 Å². The van der Waals surface area contributed by atoms with E-state index in [0.717, 1.165) is 24.1 Å². The van der Waals surface area contributed by atoms with Crippen molar-refractivity contribution in [3.8, 4) is 0 Å². The number of sulfone groups is 1. The molecule has 1 N–H and O–H groups in total. The first-order valence-electron chi connectivity index (χ1n) is 6.67. The number of rotatable bonds is 3. The van der Waals surface area contributed by atoms with E-state index in [1.54, 1.807) is 6.20 Å². The van der Waals surface area contributed by atoms with Crippen molar-refractivity contribution >= 4 is 9.84 Å². The Morgan fingerprint density at radius 1 is 1.37 bits per heavy atom. The SMILES string of the molecule is Cc1ccc(C(O)C2CCCC(S(C)(=O)=O)C2)cn1. The fourth-order valence-corrected chi connectivity index (χ4v) is 3.97. The summed E-state index contributed by atoms with van der Waals surface area (Å²) in [5, 5.41) is 10.1. The second-order valence-corrected chi connectivity index (χ2v) is 7.88. The highest BCUT2D eigenvalue weighted by atomic mass is 32.2. The molecule has 0 aromatic carbocycles. The van der Waals surface area contributed by atoms with Crippen molar-refractivity contribution in [2.75, 3.05) is 6.26 Å². The molecule has 3 unspecified atom stereocenters. The van der Waals surface area contributed by atoms with Crippen LogP contribution in [0.25, 0.3) is 0 Å². The molecular formula is C14H21NO3S. The van der Waals surface area contributed by atoms with Gasteiger partial charge in [0.05, 0.1) is 11.4 Å². The predicted molar refractivity (Wildman–Crippen MR) is 74.5 cm³/mol. The van der Waals surface area contributed by atoms with Gasteiger partial charge in [0.25, 0.3) is 0 Å². The third kappa shape index (κ3) is 3.54. The van der Waals surface area contributed by atoms with E-state index in [1.807, 2.05) is 19.1 Å². The van der Waals surface area contributed by atoms with Crippen LogP contribution in [-0.4, -0.2) is 30.0 Å². The molecule has 0 radical (unpaired) electrons. The van der Waals surface area contributed by atoms with Gasteiger partial charge in [-0.05, 0) is 43.7 Å². The van der Waals surface area contributed by atoms with E-state index < -0.39 is 15.9 Å². The van der Waals surface area contributed by atoms with Crippen molar-refractivity contribution < 1.29 is 13.5 Å².